The number of aliphatic imine (C=N–C) groups is 1. The molecule has 3 aromatic rings. The van der Waals surface area contributed by atoms with E-state index in [-0.39, 0.29) is 0 Å². The third-order valence-electron chi connectivity index (χ3n) is 4.26. The summed E-state index contributed by atoms with van der Waals surface area (Å²) in [5.41, 5.74) is 1.98. The number of hydrogen-bond acceptors (Lipinski definition) is 5. The Labute approximate surface area is 164 Å². The number of hydrogen-bond donors (Lipinski definition) is 2. The second-order valence-electron chi connectivity index (χ2n) is 6.11. The summed E-state index contributed by atoms with van der Waals surface area (Å²) in [6.45, 7) is 4.00. The van der Waals surface area contributed by atoms with Gasteiger partial charge in [-0.1, -0.05) is 12.1 Å². The highest BCUT2D eigenvalue weighted by Gasteiger charge is 2.06. The van der Waals surface area contributed by atoms with Gasteiger partial charge in [-0.25, -0.2) is 4.99 Å². The zero-order chi connectivity index (χ0) is 19.8. The van der Waals surface area contributed by atoms with Crippen molar-refractivity contribution in [3.05, 3.63) is 54.0 Å². The lowest BCUT2D eigenvalue weighted by molar-refractivity contribution is 0.354. The number of nitrogens with zero attached hydrogens (tertiary/aromatic N) is 4. The topological polar surface area (TPSA) is 85.1 Å². The van der Waals surface area contributed by atoms with Crippen molar-refractivity contribution in [2.24, 2.45) is 4.99 Å². The molecule has 28 heavy (non-hydrogen) atoms. The van der Waals surface area contributed by atoms with Gasteiger partial charge < -0.3 is 20.1 Å². The molecule has 0 bridgehead atoms. The van der Waals surface area contributed by atoms with E-state index < -0.39 is 0 Å². The van der Waals surface area contributed by atoms with Gasteiger partial charge in [0.15, 0.2) is 28.9 Å². The van der Waals surface area contributed by atoms with Crippen LogP contribution in [0, 0.1) is 0 Å². The summed E-state index contributed by atoms with van der Waals surface area (Å²) >= 11 is 0. The average molecular weight is 382 g/mol. The van der Waals surface area contributed by atoms with Crippen LogP contribution >= 0.6 is 0 Å². The molecule has 0 amide bonds. The Morgan fingerprint density at radius 3 is 2.71 bits per heavy atom. The van der Waals surface area contributed by atoms with Gasteiger partial charge in [-0.15, -0.1) is 10.2 Å². The molecule has 0 saturated carbocycles. The predicted molar refractivity (Wildman–Crippen MR) is 109 cm³/mol. The molecule has 0 aliphatic heterocycles. The van der Waals surface area contributed by atoms with Crippen molar-refractivity contribution >= 4 is 11.6 Å². The third-order valence-corrected chi connectivity index (χ3v) is 4.26. The van der Waals surface area contributed by atoms with E-state index >= 15 is 0 Å². The van der Waals surface area contributed by atoms with Crippen LogP contribution in [0.2, 0.25) is 0 Å². The van der Waals surface area contributed by atoms with Crippen molar-refractivity contribution < 1.29 is 9.47 Å². The molecule has 0 unspecified atom stereocenters. The molecular formula is C20H26N6O2. The zero-order valence-electron chi connectivity index (χ0n) is 16.5. The zero-order valence-corrected chi connectivity index (χ0v) is 16.5. The van der Waals surface area contributed by atoms with E-state index in [4.69, 9.17) is 9.47 Å². The summed E-state index contributed by atoms with van der Waals surface area (Å²) in [6.07, 6.45) is 2.77. The SMILES string of the molecule is CCNC(=NCc1nnc2ccccn12)NCCc1ccc(OC)c(OC)c1. The Bertz CT molecular complexity index is 937. The van der Waals surface area contributed by atoms with E-state index in [9.17, 15) is 0 Å². The summed E-state index contributed by atoms with van der Waals surface area (Å²) in [5.74, 6) is 3.01. The molecule has 2 aromatic heterocycles. The lowest BCUT2D eigenvalue weighted by Crippen LogP contribution is -2.38. The number of benzene rings is 1. The van der Waals surface area contributed by atoms with Crippen LogP contribution in [0.4, 0.5) is 0 Å². The highest BCUT2D eigenvalue weighted by molar-refractivity contribution is 5.79. The Hall–Kier alpha value is -3.29. The third kappa shape index (κ3) is 4.70. The lowest BCUT2D eigenvalue weighted by atomic mass is 10.1. The first kappa shape index (κ1) is 19.5. The van der Waals surface area contributed by atoms with Crippen molar-refractivity contribution in [2.45, 2.75) is 19.9 Å². The number of rotatable bonds is 8. The number of guanidine groups is 1. The molecule has 0 saturated heterocycles. The number of nitrogens with one attached hydrogen (secondary N) is 2. The van der Waals surface area contributed by atoms with Crippen molar-refractivity contribution in [1.82, 2.24) is 25.2 Å². The van der Waals surface area contributed by atoms with Crippen molar-refractivity contribution in [3.63, 3.8) is 0 Å². The Morgan fingerprint density at radius 1 is 1.07 bits per heavy atom. The Kier molecular flexibility index (Phi) is 6.67. The van der Waals surface area contributed by atoms with Gasteiger partial charge in [0, 0.05) is 19.3 Å². The second-order valence-corrected chi connectivity index (χ2v) is 6.11. The minimum absolute atomic E-state index is 0.441. The van der Waals surface area contributed by atoms with E-state index in [0.29, 0.717) is 6.54 Å². The number of pyridine rings is 1. The molecule has 1 aromatic carbocycles. The molecular weight excluding hydrogens is 356 g/mol. The highest BCUT2D eigenvalue weighted by Crippen LogP contribution is 2.27. The highest BCUT2D eigenvalue weighted by atomic mass is 16.5. The number of aromatic nitrogens is 3. The summed E-state index contributed by atoms with van der Waals surface area (Å²) < 4.78 is 12.6. The van der Waals surface area contributed by atoms with Crippen LogP contribution in [0.1, 0.15) is 18.3 Å². The fourth-order valence-corrected chi connectivity index (χ4v) is 2.85. The first-order valence-electron chi connectivity index (χ1n) is 9.27. The predicted octanol–water partition coefficient (Wildman–Crippen LogP) is 2.04. The van der Waals surface area contributed by atoms with Crippen LogP contribution in [-0.4, -0.2) is 47.9 Å². The van der Waals surface area contributed by atoms with Gasteiger partial charge in [0.25, 0.3) is 0 Å². The Balaban J connectivity index is 1.61. The fraction of sp³-hybridized carbons (Fsp3) is 0.350. The minimum atomic E-state index is 0.441. The van der Waals surface area contributed by atoms with Gasteiger partial charge in [0.05, 0.1) is 14.2 Å². The molecule has 8 nitrogen and oxygen atoms in total. The van der Waals surface area contributed by atoms with Crippen molar-refractivity contribution in [2.75, 3.05) is 27.3 Å². The number of fused-ring (bicyclic) bond motifs is 1. The van der Waals surface area contributed by atoms with Crippen LogP contribution in [-0.2, 0) is 13.0 Å². The minimum Gasteiger partial charge on any atom is -0.493 e. The van der Waals surface area contributed by atoms with E-state index in [0.717, 1.165) is 54.0 Å². The quantitative estimate of drug-likeness (QED) is 0.458. The largest absolute Gasteiger partial charge is 0.493 e. The second kappa shape index (κ2) is 9.59. The maximum Gasteiger partial charge on any atom is 0.191 e. The van der Waals surface area contributed by atoms with Crippen LogP contribution < -0.4 is 20.1 Å². The van der Waals surface area contributed by atoms with Crippen LogP contribution in [0.15, 0.2) is 47.6 Å². The molecule has 0 aliphatic rings. The van der Waals surface area contributed by atoms with Gasteiger partial charge in [-0.3, -0.25) is 4.40 Å². The van der Waals surface area contributed by atoms with E-state index in [1.54, 1.807) is 14.2 Å². The monoisotopic (exact) mass is 382 g/mol. The molecule has 0 fully saturated rings. The maximum atomic E-state index is 5.36. The molecule has 0 aliphatic carbocycles. The fourth-order valence-electron chi connectivity index (χ4n) is 2.85. The van der Waals surface area contributed by atoms with Gasteiger partial charge in [0.1, 0.15) is 6.54 Å². The molecule has 2 N–H and O–H groups in total. The van der Waals surface area contributed by atoms with Gasteiger partial charge in [-0.05, 0) is 43.2 Å². The summed E-state index contributed by atoms with van der Waals surface area (Å²) in [4.78, 5) is 4.62. The molecule has 8 heteroatoms. The van der Waals surface area contributed by atoms with Gasteiger partial charge in [-0.2, -0.15) is 0 Å². The molecule has 2 heterocycles. The molecule has 0 atom stereocenters. The first-order valence-corrected chi connectivity index (χ1v) is 9.27. The Morgan fingerprint density at radius 2 is 1.93 bits per heavy atom. The molecule has 3 rings (SSSR count). The molecule has 0 radical (unpaired) electrons. The van der Waals surface area contributed by atoms with Crippen LogP contribution in [0.25, 0.3) is 5.65 Å². The standard InChI is InChI=1S/C20H26N6O2/c1-4-21-20(23-14-19-25-24-18-7-5-6-12-26(18)19)22-11-10-15-8-9-16(27-2)17(13-15)28-3/h5-9,12-13H,4,10-11,14H2,1-3H3,(H2,21,22,23). The number of methoxy groups -OCH3 is 2. The smallest absolute Gasteiger partial charge is 0.191 e. The van der Waals surface area contributed by atoms with E-state index in [1.807, 2.05) is 53.9 Å². The average Bonchev–Trinajstić information content (AvgIpc) is 3.15. The molecule has 148 valence electrons. The van der Waals surface area contributed by atoms with Crippen LogP contribution in [0.3, 0.4) is 0 Å². The van der Waals surface area contributed by atoms with Crippen LogP contribution in [0.5, 0.6) is 11.5 Å². The number of ether oxygens (including phenoxy) is 2. The van der Waals surface area contributed by atoms with Crippen molar-refractivity contribution in [3.8, 4) is 11.5 Å². The molecule has 0 spiro atoms. The van der Waals surface area contributed by atoms with Gasteiger partial charge in [0.2, 0.25) is 0 Å². The lowest BCUT2D eigenvalue weighted by Gasteiger charge is -2.12. The first-order chi connectivity index (χ1) is 13.7. The van der Waals surface area contributed by atoms with Gasteiger partial charge >= 0.3 is 0 Å². The van der Waals surface area contributed by atoms with E-state index in [1.165, 1.54) is 0 Å². The van der Waals surface area contributed by atoms with E-state index in [2.05, 4.69) is 25.8 Å². The maximum absolute atomic E-state index is 5.36. The summed E-state index contributed by atoms with van der Waals surface area (Å²) in [6, 6.07) is 11.8. The van der Waals surface area contributed by atoms with Crippen molar-refractivity contribution in [1.29, 1.82) is 0 Å². The summed E-state index contributed by atoms with van der Waals surface area (Å²) in [5, 5.41) is 15.0. The summed E-state index contributed by atoms with van der Waals surface area (Å²) in [7, 11) is 3.28. The normalized spacial score (nSPS) is 11.5.